The number of carbonyl (C=O) groups is 2. The van der Waals surface area contributed by atoms with E-state index in [1.807, 2.05) is 10.2 Å². The van der Waals surface area contributed by atoms with Gasteiger partial charge in [0.1, 0.15) is 12.1 Å². The van der Waals surface area contributed by atoms with E-state index in [2.05, 4.69) is 4.52 Å². The minimum Gasteiger partial charge on any atom is -0.480 e. The summed E-state index contributed by atoms with van der Waals surface area (Å²) < 4.78 is 89.9. The lowest BCUT2D eigenvalue weighted by Crippen LogP contribution is -2.43. The van der Waals surface area contributed by atoms with Crippen LogP contribution in [0, 0.1) is 29.1 Å². The van der Waals surface area contributed by atoms with E-state index in [1.54, 1.807) is 0 Å². The van der Waals surface area contributed by atoms with Gasteiger partial charge in [-0.2, -0.15) is 8.78 Å². The molecule has 1 aromatic rings. The van der Waals surface area contributed by atoms with Gasteiger partial charge in [-0.25, -0.2) is 27.9 Å². The summed E-state index contributed by atoms with van der Waals surface area (Å²) >= 11 is 0. The summed E-state index contributed by atoms with van der Waals surface area (Å²) in [6, 6.07) is -3.17. The second kappa shape index (κ2) is 9.51. The number of nitrogens with one attached hydrogen (secondary N) is 2. The third-order valence-corrected chi connectivity index (χ3v) is 5.09. The molecular weight excluding hydrogens is 430 g/mol. The predicted molar refractivity (Wildman–Crippen MR) is 88.5 cm³/mol. The van der Waals surface area contributed by atoms with E-state index < -0.39 is 72.6 Å². The van der Waals surface area contributed by atoms with Crippen molar-refractivity contribution in [2.75, 3.05) is 0 Å². The molecular formula is C15H18F5N2O6P. The van der Waals surface area contributed by atoms with Gasteiger partial charge in [0, 0.05) is 0 Å². The van der Waals surface area contributed by atoms with Crippen molar-refractivity contribution < 1.29 is 50.5 Å². The van der Waals surface area contributed by atoms with Crippen LogP contribution in [0.4, 0.5) is 22.0 Å². The molecule has 8 nitrogen and oxygen atoms in total. The third-order valence-electron chi connectivity index (χ3n) is 3.19. The van der Waals surface area contributed by atoms with Crippen LogP contribution in [0.15, 0.2) is 0 Å². The van der Waals surface area contributed by atoms with Gasteiger partial charge in [-0.1, -0.05) is 0 Å². The average Bonchev–Trinajstić information content (AvgIpc) is 2.61. The van der Waals surface area contributed by atoms with Crippen LogP contribution >= 0.6 is 7.67 Å². The summed E-state index contributed by atoms with van der Waals surface area (Å²) in [5, 5.41) is 12.7. The summed E-state index contributed by atoms with van der Waals surface area (Å²) in [5.41, 5.74) is 0. The quantitative estimate of drug-likeness (QED) is 0.174. The minimum atomic E-state index is -4.93. The zero-order valence-electron chi connectivity index (χ0n) is 15.6. The number of rotatable bonds is 9. The van der Waals surface area contributed by atoms with Crippen molar-refractivity contribution >= 4 is 19.6 Å². The highest BCUT2D eigenvalue weighted by Crippen LogP contribution is 2.43. The highest BCUT2D eigenvalue weighted by atomic mass is 31.2. The zero-order chi connectivity index (χ0) is 22.7. The molecule has 1 aromatic carbocycles. The van der Waals surface area contributed by atoms with Gasteiger partial charge < -0.3 is 14.4 Å². The Balaban J connectivity index is 3.35. The number of esters is 1. The topological polar surface area (TPSA) is 114 Å². The Bertz CT molecular complexity index is 824. The monoisotopic (exact) mass is 448 g/mol. The highest BCUT2D eigenvalue weighted by Gasteiger charge is 2.38. The molecule has 0 saturated heterocycles. The molecule has 0 heterocycles. The minimum absolute atomic E-state index is 0.604. The van der Waals surface area contributed by atoms with Crippen LogP contribution in [-0.4, -0.2) is 35.2 Å². The largest absolute Gasteiger partial charge is 0.480 e. The van der Waals surface area contributed by atoms with Gasteiger partial charge in [-0.3, -0.25) is 9.59 Å². The number of aliphatic carboxylic acids is 1. The molecule has 0 aromatic heterocycles. The number of halogens is 5. The SMILES string of the molecule is CC(C)OC(=O)[C@H](C)NP(=O)(N[C@@H](C)C(=O)O)Oc1c(F)c(F)c(F)c(F)c1F. The second-order valence-corrected chi connectivity index (χ2v) is 7.87. The van der Waals surface area contributed by atoms with Crippen LogP contribution in [0.1, 0.15) is 27.7 Å². The number of hydrogen-bond donors (Lipinski definition) is 3. The van der Waals surface area contributed by atoms with Gasteiger partial charge in [0.15, 0.2) is 0 Å². The molecule has 1 unspecified atom stereocenters. The first-order valence-electron chi connectivity index (χ1n) is 8.00. The van der Waals surface area contributed by atoms with Crippen molar-refractivity contribution in [2.24, 2.45) is 0 Å². The smallest absolute Gasteiger partial charge is 0.392 e. The van der Waals surface area contributed by atoms with Crippen molar-refractivity contribution in [1.82, 2.24) is 10.2 Å². The number of carbonyl (C=O) groups excluding carboxylic acids is 1. The fourth-order valence-corrected chi connectivity index (χ4v) is 3.67. The predicted octanol–water partition coefficient (Wildman–Crippen LogP) is 2.86. The Hall–Kier alpha value is -2.24. The summed E-state index contributed by atoms with van der Waals surface area (Å²) in [6.45, 7) is 5.02. The van der Waals surface area contributed by atoms with Gasteiger partial charge in [0.25, 0.3) is 0 Å². The molecule has 0 fully saturated rings. The van der Waals surface area contributed by atoms with Gasteiger partial charge in [0.05, 0.1) is 6.10 Å². The number of carboxylic acid groups (broad SMARTS) is 1. The zero-order valence-corrected chi connectivity index (χ0v) is 16.5. The molecule has 0 radical (unpaired) electrons. The fraction of sp³-hybridized carbons (Fsp3) is 0.467. The van der Waals surface area contributed by atoms with Crippen molar-refractivity contribution in [3.05, 3.63) is 29.1 Å². The Morgan fingerprint density at radius 3 is 1.69 bits per heavy atom. The van der Waals surface area contributed by atoms with E-state index in [0.717, 1.165) is 13.8 Å². The molecule has 29 heavy (non-hydrogen) atoms. The van der Waals surface area contributed by atoms with Crippen LogP contribution in [0.5, 0.6) is 5.75 Å². The number of carboxylic acids is 1. The lowest BCUT2D eigenvalue weighted by atomic mass is 10.3. The summed E-state index contributed by atoms with van der Waals surface area (Å²) in [4.78, 5) is 22.9. The molecule has 0 aliphatic heterocycles. The summed E-state index contributed by atoms with van der Waals surface area (Å²) in [7, 11) is -4.93. The molecule has 3 atom stereocenters. The maximum atomic E-state index is 13.9. The standard InChI is InChI=1S/C15H18F5N2O6P/c1-5(2)27-15(25)7(4)22-29(26,21-6(3)14(23)24)28-13-11(19)9(17)8(16)10(18)12(13)20/h5-7H,1-4H3,(H,23,24)(H2,21,22,26)/t6-,7-,29?/m0/s1. The van der Waals surface area contributed by atoms with Crippen molar-refractivity contribution in [1.29, 1.82) is 0 Å². The second-order valence-electron chi connectivity index (χ2n) is 6.07. The van der Waals surface area contributed by atoms with Crippen molar-refractivity contribution in [2.45, 2.75) is 45.9 Å². The fourth-order valence-electron chi connectivity index (χ4n) is 1.84. The normalized spacial score (nSPS) is 15.5. The summed E-state index contributed by atoms with van der Waals surface area (Å²) in [6.07, 6.45) is -0.604. The van der Waals surface area contributed by atoms with E-state index >= 15 is 0 Å². The summed E-state index contributed by atoms with van der Waals surface area (Å²) in [5.74, 6) is -16.6. The molecule has 0 saturated carbocycles. The van der Waals surface area contributed by atoms with Crippen LogP contribution < -0.4 is 14.7 Å². The van der Waals surface area contributed by atoms with Gasteiger partial charge >= 0.3 is 19.6 Å². The first-order chi connectivity index (χ1) is 13.2. The van der Waals surface area contributed by atoms with Crippen molar-refractivity contribution in [3.63, 3.8) is 0 Å². The maximum absolute atomic E-state index is 13.9. The molecule has 1 rings (SSSR count). The Morgan fingerprint density at radius 1 is 0.862 bits per heavy atom. The number of hydrogen-bond acceptors (Lipinski definition) is 5. The highest BCUT2D eigenvalue weighted by molar-refractivity contribution is 7.55. The first-order valence-corrected chi connectivity index (χ1v) is 9.62. The van der Waals surface area contributed by atoms with Crippen molar-refractivity contribution in [3.8, 4) is 5.75 Å². The average molecular weight is 448 g/mol. The molecule has 0 spiro atoms. The molecule has 3 N–H and O–H groups in total. The first kappa shape index (κ1) is 24.8. The molecule has 14 heteroatoms. The van der Waals surface area contributed by atoms with E-state index in [4.69, 9.17) is 9.84 Å². The Morgan fingerprint density at radius 2 is 1.28 bits per heavy atom. The number of benzene rings is 1. The number of ether oxygens (including phenoxy) is 1. The molecule has 0 amide bonds. The van der Waals surface area contributed by atoms with E-state index in [0.29, 0.717) is 0 Å². The molecule has 164 valence electrons. The van der Waals surface area contributed by atoms with Gasteiger partial charge in [-0.05, 0) is 27.7 Å². The molecule has 0 bridgehead atoms. The molecule has 0 aliphatic rings. The van der Waals surface area contributed by atoms with Gasteiger partial charge in [-0.15, -0.1) is 0 Å². The van der Waals surface area contributed by atoms with Crippen LogP contribution in [0.25, 0.3) is 0 Å². The van der Waals surface area contributed by atoms with Crippen LogP contribution in [0.2, 0.25) is 0 Å². The molecule has 0 aliphatic carbocycles. The van der Waals surface area contributed by atoms with Crippen LogP contribution in [0.3, 0.4) is 0 Å². The lowest BCUT2D eigenvalue weighted by Gasteiger charge is -2.26. The lowest BCUT2D eigenvalue weighted by molar-refractivity contribution is -0.149. The Labute approximate surface area is 161 Å². The van der Waals surface area contributed by atoms with E-state index in [1.165, 1.54) is 13.8 Å². The van der Waals surface area contributed by atoms with E-state index in [9.17, 15) is 36.1 Å². The van der Waals surface area contributed by atoms with Gasteiger partial charge in [0.2, 0.25) is 34.8 Å². The third kappa shape index (κ3) is 6.12. The van der Waals surface area contributed by atoms with E-state index in [-0.39, 0.29) is 0 Å². The van der Waals surface area contributed by atoms with Crippen LogP contribution in [-0.2, 0) is 18.9 Å². The maximum Gasteiger partial charge on any atom is 0.392 e. The Kier molecular flexibility index (Phi) is 8.13.